The first-order chi connectivity index (χ1) is 9.39. The van der Waals surface area contributed by atoms with Gasteiger partial charge < -0.3 is 9.88 Å². The van der Waals surface area contributed by atoms with Crippen LogP contribution in [0.15, 0.2) is 41.6 Å². The van der Waals surface area contributed by atoms with Crippen LogP contribution in [0.4, 0.5) is 5.82 Å². The summed E-state index contributed by atoms with van der Waals surface area (Å²) in [7, 11) is 0. The fraction of sp³-hybridized carbons (Fsp3) is 0.400. The average molecular weight is 272 g/mol. The van der Waals surface area contributed by atoms with Crippen LogP contribution < -0.4 is 10.9 Å². The van der Waals surface area contributed by atoms with E-state index in [9.17, 15) is 4.79 Å². The molecule has 20 heavy (non-hydrogen) atoms. The van der Waals surface area contributed by atoms with E-state index in [1.807, 2.05) is 45.9 Å². The summed E-state index contributed by atoms with van der Waals surface area (Å²) >= 11 is 0. The number of nitrogens with one attached hydrogen (secondary N) is 1. The normalized spacial score (nSPS) is 13.0. The number of hydrogen-bond donors (Lipinski definition) is 1. The Balaban J connectivity index is 2.29. The first-order valence-corrected chi connectivity index (χ1v) is 6.65. The van der Waals surface area contributed by atoms with E-state index >= 15 is 0 Å². The van der Waals surface area contributed by atoms with Crippen LogP contribution in [0.2, 0.25) is 0 Å². The van der Waals surface area contributed by atoms with Crippen LogP contribution in [-0.2, 0) is 5.54 Å². The Morgan fingerprint density at radius 2 is 1.95 bits per heavy atom. The van der Waals surface area contributed by atoms with Gasteiger partial charge in [0, 0.05) is 24.1 Å². The van der Waals surface area contributed by atoms with Crippen LogP contribution in [0.1, 0.15) is 39.4 Å². The molecule has 0 aliphatic carbocycles. The molecule has 2 aromatic rings. The Morgan fingerprint density at radius 3 is 2.55 bits per heavy atom. The quantitative estimate of drug-likeness (QED) is 0.933. The number of rotatable bonds is 3. The van der Waals surface area contributed by atoms with Gasteiger partial charge >= 0.3 is 0 Å². The molecule has 0 saturated carbocycles. The molecule has 5 nitrogen and oxygen atoms in total. The first-order valence-electron chi connectivity index (χ1n) is 6.65. The molecule has 1 unspecified atom stereocenters. The molecule has 0 fully saturated rings. The van der Waals surface area contributed by atoms with Gasteiger partial charge in [0.2, 0.25) is 0 Å². The molecule has 106 valence electrons. The Morgan fingerprint density at radius 1 is 1.20 bits per heavy atom. The van der Waals surface area contributed by atoms with Crippen molar-refractivity contribution in [3.63, 3.8) is 0 Å². The summed E-state index contributed by atoms with van der Waals surface area (Å²) in [5, 5.41) is 3.13. The largest absolute Gasteiger partial charge is 0.357 e. The van der Waals surface area contributed by atoms with Gasteiger partial charge in [-0.25, -0.2) is 4.98 Å². The lowest BCUT2D eigenvalue weighted by molar-refractivity contribution is 0.383. The second-order valence-electron chi connectivity index (χ2n) is 5.74. The van der Waals surface area contributed by atoms with E-state index in [0.717, 1.165) is 5.69 Å². The SMILES string of the molecule is CC(Nc1nccn(C(C)(C)C)c1=O)c1ccccn1. The molecule has 0 aliphatic heterocycles. The van der Waals surface area contributed by atoms with Crippen molar-refractivity contribution in [1.29, 1.82) is 0 Å². The minimum Gasteiger partial charge on any atom is -0.357 e. The van der Waals surface area contributed by atoms with Crippen LogP contribution >= 0.6 is 0 Å². The molecule has 0 bridgehead atoms. The highest BCUT2D eigenvalue weighted by Crippen LogP contribution is 2.15. The van der Waals surface area contributed by atoms with E-state index in [1.165, 1.54) is 0 Å². The molecule has 0 saturated heterocycles. The average Bonchev–Trinajstić information content (AvgIpc) is 2.40. The lowest BCUT2D eigenvalue weighted by Gasteiger charge is -2.23. The number of anilines is 1. The van der Waals surface area contributed by atoms with E-state index in [4.69, 9.17) is 0 Å². The highest BCUT2D eigenvalue weighted by atomic mass is 16.1. The summed E-state index contributed by atoms with van der Waals surface area (Å²) in [5.41, 5.74) is 0.479. The third-order valence-corrected chi connectivity index (χ3v) is 3.05. The molecule has 2 aromatic heterocycles. The van der Waals surface area contributed by atoms with Gasteiger partial charge in [0.25, 0.3) is 5.56 Å². The fourth-order valence-corrected chi connectivity index (χ4v) is 1.95. The lowest BCUT2D eigenvalue weighted by atomic mass is 10.1. The van der Waals surface area contributed by atoms with Crippen molar-refractivity contribution in [3.05, 3.63) is 52.8 Å². The minimum atomic E-state index is -0.273. The topological polar surface area (TPSA) is 59.8 Å². The summed E-state index contributed by atoms with van der Waals surface area (Å²) in [6, 6.07) is 5.63. The van der Waals surface area contributed by atoms with Gasteiger partial charge in [-0.2, -0.15) is 0 Å². The van der Waals surface area contributed by atoms with Crippen LogP contribution in [0.3, 0.4) is 0 Å². The molecule has 0 spiro atoms. The zero-order chi connectivity index (χ0) is 14.8. The smallest absolute Gasteiger partial charge is 0.293 e. The summed E-state index contributed by atoms with van der Waals surface area (Å²) in [4.78, 5) is 20.8. The second kappa shape index (κ2) is 5.45. The molecule has 2 heterocycles. The van der Waals surface area contributed by atoms with Crippen molar-refractivity contribution in [2.75, 3.05) is 5.32 Å². The maximum atomic E-state index is 12.4. The Labute approximate surface area is 118 Å². The van der Waals surface area contributed by atoms with Gasteiger partial charge in [-0.3, -0.25) is 9.78 Å². The van der Waals surface area contributed by atoms with E-state index in [0.29, 0.717) is 5.82 Å². The van der Waals surface area contributed by atoms with Crippen molar-refractivity contribution >= 4 is 5.82 Å². The van der Waals surface area contributed by atoms with Gasteiger partial charge in [-0.05, 0) is 39.8 Å². The summed E-state index contributed by atoms with van der Waals surface area (Å²) in [5.74, 6) is 0.348. The fourth-order valence-electron chi connectivity index (χ4n) is 1.95. The molecule has 1 N–H and O–H groups in total. The molecule has 5 heteroatoms. The predicted octanol–water partition coefficient (Wildman–Crippen LogP) is 2.57. The van der Waals surface area contributed by atoms with Gasteiger partial charge in [0.05, 0.1) is 11.7 Å². The van der Waals surface area contributed by atoms with Crippen molar-refractivity contribution in [3.8, 4) is 0 Å². The molecular weight excluding hydrogens is 252 g/mol. The molecule has 2 rings (SSSR count). The maximum absolute atomic E-state index is 12.4. The van der Waals surface area contributed by atoms with Gasteiger partial charge in [-0.15, -0.1) is 0 Å². The summed E-state index contributed by atoms with van der Waals surface area (Å²) in [6.45, 7) is 7.92. The molecule has 0 aliphatic rings. The van der Waals surface area contributed by atoms with Gasteiger partial charge in [-0.1, -0.05) is 6.07 Å². The first kappa shape index (κ1) is 14.2. The van der Waals surface area contributed by atoms with Crippen LogP contribution in [0, 0.1) is 0 Å². The van der Waals surface area contributed by atoms with Gasteiger partial charge in [0.15, 0.2) is 5.82 Å². The molecule has 0 aromatic carbocycles. The Kier molecular flexibility index (Phi) is 3.88. The highest BCUT2D eigenvalue weighted by molar-refractivity contribution is 5.34. The molecular formula is C15H20N4O. The standard InChI is InChI=1S/C15H20N4O/c1-11(12-7-5-6-8-16-12)18-13-14(20)19(10-9-17-13)15(2,3)4/h5-11H,1-4H3,(H,17,18). The number of nitrogens with zero attached hydrogens (tertiary/aromatic N) is 3. The monoisotopic (exact) mass is 272 g/mol. The second-order valence-corrected chi connectivity index (χ2v) is 5.74. The van der Waals surface area contributed by atoms with Crippen LogP contribution in [0.5, 0.6) is 0 Å². The number of hydrogen-bond acceptors (Lipinski definition) is 4. The third kappa shape index (κ3) is 3.04. The van der Waals surface area contributed by atoms with E-state index in [2.05, 4.69) is 15.3 Å². The zero-order valence-corrected chi connectivity index (χ0v) is 12.3. The molecule has 0 amide bonds. The van der Waals surface area contributed by atoms with E-state index < -0.39 is 0 Å². The molecule has 0 radical (unpaired) electrons. The number of pyridine rings is 1. The van der Waals surface area contributed by atoms with Crippen molar-refractivity contribution in [2.24, 2.45) is 0 Å². The highest BCUT2D eigenvalue weighted by Gasteiger charge is 2.17. The van der Waals surface area contributed by atoms with E-state index in [1.54, 1.807) is 23.2 Å². The number of aromatic nitrogens is 3. The minimum absolute atomic E-state index is 0.0766. The third-order valence-electron chi connectivity index (χ3n) is 3.05. The Hall–Kier alpha value is -2.17. The van der Waals surface area contributed by atoms with Crippen molar-refractivity contribution in [2.45, 2.75) is 39.3 Å². The van der Waals surface area contributed by atoms with Gasteiger partial charge in [0.1, 0.15) is 0 Å². The van der Waals surface area contributed by atoms with Crippen molar-refractivity contribution in [1.82, 2.24) is 14.5 Å². The zero-order valence-electron chi connectivity index (χ0n) is 12.3. The van der Waals surface area contributed by atoms with Crippen LogP contribution in [0.25, 0.3) is 0 Å². The lowest BCUT2D eigenvalue weighted by Crippen LogP contribution is -2.35. The van der Waals surface area contributed by atoms with Crippen molar-refractivity contribution < 1.29 is 0 Å². The molecule has 1 atom stereocenters. The van der Waals surface area contributed by atoms with E-state index in [-0.39, 0.29) is 17.1 Å². The Bertz CT molecular complexity index is 628. The maximum Gasteiger partial charge on any atom is 0.293 e. The summed E-state index contributed by atoms with van der Waals surface area (Å²) in [6.07, 6.45) is 5.08. The summed E-state index contributed by atoms with van der Waals surface area (Å²) < 4.78 is 1.67. The van der Waals surface area contributed by atoms with Crippen LogP contribution in [-0.4, -0.2) is 14.5 Å². The predicted molar refractivity (Wildman–Crippen MR) is 79.8 cm³/mol.